The van der Waals surface area contributed by atoms with Crippen molar-refractivity contribution in [3.63, 3.8) is 0 Å². The smallest absolute Gasteiger partial charge is 0.330 e. The van der Waals surface area contributed by atoms with Crippen molar-refractivity contribution in [2.75, 3.05) is 12.4 Å². The fourth-order valence-electron chi connectivity index (χ4n) is 4.27. The molecule has 0 spiro atoms. The number of anilines is 2. The Morgan fingerprint density at radius 3 is 2.77 bits per heavy atom. The molecule has 156 valence electrons. The molecule has 5 rings (SSSR count). The molecule has 1 saturated carbocycles. The maximum Gasteiger partial charge on any atom is 0.330 e. The maximum absolute atomic E-state index is 13.0. The molecular weight excluding hydrogens is 384 g/mol. The largest absolute Gasteiger partial charge is 0.381 e. The lowest BCUT2D eigenvalue weighted by molar-refractivity contribution is 0.0584. The Balaban J connectivity index is 1.53. The number of nitrogens with one attached hydrogen (secondary N) is 1. The van der Waals surface area contributed by atoms with E-state index >= 15 is 0 Å². The maximum atomic E-state index is 13.0. The molecule has 0 atom stereocenters. The number of imidazole rings is 1. The van der Waals surface area contributed by atoms with E-state index in [4.69, 9.17) is 9.72 Å². The molecule has 4 heterocycles. The summed E-state index contributed by atoms with van der Waals surface area (Å²) >= 11 is 0. The number of hydrogen-bond acceptors (Lipinski definition) is 7. The van der Waals surface area contributed by atoms with Gasteiger partial charge in [-0.1, -0.05) is 0 Å². The van der Waals surface area contributed by atoms with Gasteiger partial charge in [0.25, 0.3) is 0 Å². The summed E-state index contributed by atoms with van der Waals surface area (Å²) < 4.78 is 10.6. The Morgan fingerprint density at radius 1 is 1.20 bits per heavy atom. The van der Waals surface area contributed by atoms with Gasteiger partial charge in [-0.15, -0.1) is 0 Å². The SMILES string of the molecule is COC1CCC(n2c(=O)n(C)c3cnc(Nc4cn5ncnc5cc4C)nc32)CC1. The Labute approximate surface area is 172 Å². The van der Waals surface area contributed by atoms with E-state index < -0.39 is 0 Å². The van der Waals surface area contributed by atoms with E-state index in [1.54, 1.807) is 29.4 Å². The van der Waals surface area contributed by atoms with Crippen LogP contribution in [0.4, 0.5) is 11.6 Å². The molecule has 10 heteroatoms. The Morgan fingerprint density at radius 2 is 2.00 bits per heavy atom. The first kappa shape index (κ1) is 18.7. The van der Waals surface area contributed by atoms with Gasteiger partial charge in [0.1, 0.15) is 11.8 Å². The van der Waals surface area contributed by atoms with E-state index in [1.165, 1.54) is 6.33 Å². The van der Waals surface area contributed by atoms with Crippen LogP contribution < -0.4 is 11.0 Å². The summed E-state index contributed by atoms with van der Waals surface area (Å²) in [6.45, 7) is 1.99. The highest BCUT2D eigenvalue weighted by atomic mass is 16.5. The molecule has 0 aromatic carbocycles. The zero-order valence-corrected chi connectivity index (χ0v) is 17.2. The number of hydrogen-bond donors (Lipinski definition) is 1. The van der Waals surface area contributed by atoms with Crippen LogP contribution in [0.15, 0.2) is 29.6 Å². The van der Waals surface area contributed by atoms with Gasteiger partial charge in [0.15, 0.2) is 11.3 Å². The minimum atomic E-state index is -0.0578. The topological polar surface area (TPSA) is 104 Å². The van der Waals surface area contributed by atoms with Crippen LogP contribution >= 0.6 is 0 Å². The van der Waals surface area contributed by atoms with Crippen molar-refractivity contribution in [3.8, 4) is 0 Å². The number of aryl methyl sites for hydroxylation is 2. The summed E-state index contributed by atoms with van der Waals surface area (Å²) in [6, 6.07) is 2.06. The first-order valence-corrected chi connectivity index (χ1v) is 10.1. The van der Waals surface area contributed by atoms with Crippen LogP contribution in [0.3, 0.4) is 0 Å². The summed E-state index contributed by atoms with van der Waals surface area (Å²) in [4.78, 5) is 26.3. The molecule has 0 bridgehead atoms. The van der Waals surface area contributed by atoms with Gasteiger partial charge in [0.2, 0.25) is 5.95 Å². The van der Waals surface area contributed by atoms with Crippen LogP contribution in [0.1, 0.15) is 37.3 Å². The van der Waals surface area contributed by atoms with Crippen molar-refractivity contribution in [2.45, 2.75) is 44.8 Å². The van der Waals surface area contributed by atoms with Gasteiger partial charge in [0, 0.05) is 20.2 Å². The highest BCUT2D eigenvalue weighted by Crippen LogP contribution is 2.31. The van der Waals surface area contributed by atoms with Gasteiger partial charge < -0.3 is 10.1 Å². The van der Waals surface area contributed by atoms with Gasteiger partial charge in [-0.3, -0.25) is 9.13 Å². The minimum Gasteiger partial charge on any atom is -0.381 e. The Kier molecular flexibility index (Phi) is 4.50. The molecule has 0 unspecified atom stereocenters. The molecule has 1 N–H and O–H groups in total. The molecule has 4 aromatic rings. The summed E-state index contributed by atoms with van der Waals surface area (Å²) in [5.41, 5.74) is 3.93. The van der Waals surface area contributed by atoms with Crippen LogP contribution in [0.2, 0.25) is 0 Å². The van der Waals surface area contributed by atoms with Crippen LogP contribution in [0, 0.1) is 6.92 Å². The molecule has 10 nitrogen and oxygen atoms in total. The highest BCUT2D eigenvalue weighted by molar-refractivity contribution is 5.73. The van der Waals surface area contributed by atoms with Gasteiger partial charge in [-0.2, -0.15) is 10.1 Å². The third-order valence-corrected chi connectivity index (χ3v) is 6.04. The summed E-state index contributed by atoms with van der Waals surface area (Å²) in [7, 11) is 3.51. The highest BCUT2D eigenvalue weighted by Gasteiger charge is 2.26. The fraction of sp³-hybridized carbons (Fsp3) is 0.450. The van der Waals surface area contributed by atoms with E-state index in [1.807, 2.05) is 23.8 Å². The molecule has 0 radical (unpaired) electrons. The first-order chi connectivity index (χ1) is 14.5. The molecule has 1 fully saturated rings. The third kappa shape index (κ3) is 3.04. The van der Waals surface area contributed by atoms with Crippen molar-refractivity contribution in [1.29, 1.82) is 0 Å². The average Bonchev–Trinajstić information content (AvgIpc) is 3.30. The zero-order chi connectivity index (χ0) is 20.8. The fourth-order valence-corrected chi connectivity index (χ4v) is 4.27. The number of methoxy groups -OCH3 is 1. The van der Waals surface area contributed by atoms with Gasteiger partial charge in [-0.25, -0.2) is 19.3 Å². The van der Waals surface area contributed by atoms with Crippen molar-refractivity contribution in [2.24, 2.45) is 7.05 Å². The lowest BCUT2D eigenvalue weighted by atomic mass is 9.93. The van der Waals surface area contributed by atoms with Crippen molar-refractivity contribution in [1.82, 2.24) is 33.7 Å². The second kappa shape index (κ2) is 7.21. The molecule has 1 aliphatic carbocycles. The normalized spacial score (nSPS) is 19.6. The Hall–Kier alpha value is -3.27. The average molecular weight is 408 g/mol. The number of pyridine rings is 1. The minimum absolute atomic E-state index is 0.0578. The van der Waals surface area contributed by atoms with Crippen molar-refractivity contribution in [3.05, 3.63) is 40.8 Å². The monoisotopic (exact) mass is 408 g/mol. The lowest BCUT2D eigenvalue weighted by Gasteiger charge is -2.28. The van der Waals surface area contributed by atoms with Crippen molar-refractivity contribution < 1.29 is 4.74 Å². The number of aromatic nitrogens is 7. The lowest BCUT2D eigenvalue weighted by Crippen LogP contribution is -2.30. The molecule has 30 heavy (non-hydrogen) atoms. The van der Waals surface area contributed by atoms with Gasteiger partial charge >= 0.3 is 5.69 Å². The second-order valence-corrected chi connectivity index (χ2v) is 7.84. The van der Waals surface area contributed by atoms with E-state index in [0.717, 1.165) is 48.1 Å². The van der Waals surface area contributed by atoms with E-state index in [9.17, 15) is 4.79 Å². The van der Waals surface area contributed by atoms with Crippen LogP contribution in [-0.2, 0) is 11.8 Å². The van der Waals surface area contributed by atoms with Gasteiger partial charge in [-0.05, 0) is 44.2 Å². The van der Waals surface area contributed by atoms with Crippen LogP contribution in [0.5, 0.6) is 0 Å². The summed E-state index contributed by atoms with van der Waals surface area (Å²) in [5.74, 6) is 0.440. The number of nitrogens with zero attached hydrogens (tertiary/aromatic N) is 7. The molecule has 4 aromatic heterocycles. The number of rotatable bonds is 4. The summed E-state index contributed by atoms with van der Waals surface area (Å²) in [5, 5.41) is 7.45. The third-order valence-electron chi connectivity index (χ3n) is 6.04. The van der Waals surface area contributed by atoms with E-state index in [2.05, 4.69) is 20.4 Å². The molecule has 0 saturated heterocycles. The quantitative estimate of drug-likeness (QED) is 0.553. The second-order valence-electron chi connectivity index (χ2n) is 7.84. The molecule has 0 aliphatic heterocycles. The number of fused-ring (bicyclic) bond motifs is 2. The van der Waals surface area contributed by atoms with Crippen LogP contribution in [0.25, 0.3) is 16.8 Å². The predicted octanol–water partition coefficient (Wildman–Crippen LogP) is 2.35. The first-order valence-electron chi connectivity index (χ1n) is 10.1. The number of ether oxygens (including phenoxy) is 1. The molecule has 1 aliphatic rings. The Bertz CT molecular complexity index is 1280. The predicted molar refractivity (Wildman–Crippen MR) is 112 cm³/mol. The van der Waals surface area contributed by atoms with E-state index in [-0.39, 0.29) is 17.8 Å². The van der Waals surface area contributed by atoms with Gasteiger partial charge in [0.05, 0.1) is 24.2 Å². The van der Waals surface area contributed by atoms with Crippen molar-refractivity contribution >= 4 is 28.4 Å². The zero-order valence-electron chi connectivity index (χ0n) is 17.2. The summed E-state index contributed by atoms with van der Waals surface area (Å²) in [6.07, 6.45) is 9.02. The standard InChI is InChI=1S/C20H24N8O2/c1-12-8-17-22-11-23-27(17)10-15(12)24-19-21-9-16-18(25-19)28(20(29)26(16)2)13-4-6-14(30-3)7-5-13/h8-11,13-14H,4-7H2,1-3H3,(H,21,24,25). The molecular formula is C20H24N8O2. The van der Waals surface area contributed by atoms with E-state index in [0.29, 0.717) is 11.6 Å². The van der Waals surface area contributed by atoms with Crippen LogP contribution in [-0.4, -0.2) is 46.9 Å². The molecule has 0 amide bonds.